The largest absolute Gasteiger partial charge is 0.490 e. The topological polar surface area (TPSA) is 88.7 Å². The first-order valence-corrected chi connectivity index (χ1v) is 14.1. The minimum atomic E-state index is -0.129. The smallest absolute Gasteiger partial charge is 0.314 e. The van der Waals surface area contributed by atoms with Gasteiger partial charge < -0.3 is 25.4 Å². The lowest BCUT2D eigenvalue weighted by Gasteiger charge is -2.14. The Hall–Kier alpha value is -4.26. The van der Waals surface area contributed by atoms with Crippen LogP contribution in [0.4, 0.5) is 4.79 Å². The van der Waals surface area contributed by atoms with E-state index in [0.717, 1.165) is 57.9 Å². The Labute approximate surface area is 236 Å². The molecule has 0 saturated heterocycles. The molecule has 7 nitrogen and oxygen atoms in total. The van der Waals surface area contributed by atoms with Gasteiger partial charge in [0.2, 0.25) is 5.91 Å². The number of amides is 3. The third-order valence-electron chi connectivity index (χ3n) is 6.77. The van der Waals surface area contributed by atoms with Gasteiger partial charge in [0.1, 0.15) is 24.7 Å². The minimum absolute atomic E-state index is 0.0237. The Morgan fingerprint density at radius 2 is 1.40 bits per heavy atom. The summed E-state index contributed by atoms with van der Waals surface area (Å²) in [7, 11) is 0. The highest BCUT2D eigenvalue weighted by Gasteiger charge is 2.09. The monoisotopic (exact) mass is 541 g/mol. The van der Waals surface area contributed by atoms with Crippen LogP contribution in [-0.2, 0) is 17.6 Å². The van der Waals surface area contributed by atoms with Crippen LogP contribution in [0.2, 0.25) is 0 Å². The summed E-state index contributed by atoms with van der Waals surface area (Å²) in [5.41, 5.74) is 2.30. The molecule has 0 aliphatic rings. The summed E-state index contributed by atoms with van der Waals surface area (Å²) in [6, 6.07) is 24.4. The van der Waals surface area contributed by atoms with Crippen LogP contribution in [0.5, 0.6) is 11.5 Å². The first kappa shape index (κ1) is 28.7. The second-order valence-corrected chi connectivity index (χ2v) is 9.79. The molecule has 0 unspecified atom stereocenters. The molecule has 4 aromatic carbocycles. The van der Waals surface area contributed by atoms with Crippen molar-refractivity contribution in [1.82, 2.24) is 16.0 Å². The molecule has 7 heteroatoms. The molecule has 0 saturated carbocycles. The molecule has 3 amide bonds. The molecule has 210 valence electrons. The molecule has 0 aliphatic heterocycles. The van der Waals surface area contributed by atoms with Gasteiger partial charge in [-0.25, -0.2) is 4.79 Å². The molecule has 0 bridgehead atoms. The fourth-order valence-electron chi connectivity index (χ4n) is 4.77. The van der Waals surface area contributed by atoms with Crippen LogP contribution >= 0.6 is 0 Å². The molecule has 0 radical (unpaired) electrons. The molecule has 0 heterocycles. The number of rotatable bonds is 14. The highest BCUT2D eigenvalue weighted by atomic mass is 16.5. The second kappa shape index (κ2) is 14.8. The molecule has 40 heavy (non-hydrogen) atoms. The zero-order chi connectivity index (χ0) is 28.2. The summed E-state index contributed by atoms with van der Waals surface area (Å²) in [5, 5.41) is 13.1. The Kier molecular flexibility index (Phi) is 10.6. The van der Waals surface area contributed by atoms with Gasteiger partial charge in [-0.3, -0.25) is 4.79 Å². The van der Waals surface area contributed by atoms with E-state index in [4.69, 9.17) is 9.47 Å². The third kappa shape index (κ3) is 8.12. The molecular formula is C33H39N3O4. The predicted molar refractivity (Wildman–Crippen MR) is 161 cm³/mol. The molecule has 0 atom stereocenters. The van der Waals surface area contributed by atoms with Crippen LogP contribution < -0.4 is 25.4 Å². The van der Waals surface area contributed by atoms with Crippen molar-refractivity contribution in [2.24, 2.45) is 0 Å². The molecule has 4 rings (SSSR count). The van der Waals surface area contributed by atoms with Gasteiger partial charge in [-0.05, 0) is 64.7 Å². The van der Waals surface area contributed by atoms with Gasteiger partial charge in [-0.15, -0.1) is 0 Å². The summed E-state index contributed by atoms with van der Waals surface area (Å²) < 4.78 is 12.3. The summed E-state index contributed by atoms with van der Waals surface area (Å²) in [6.07, 6.45) is 3.49. The van der Waals surface area contributed by atoms with Crippen molar-refractivity contribution in [3.05, 3.63) is 83.9 Å². The highest BCUT2D eigenvalue weighted by Crippen LogP contribution is 2.30. The highest BCUT2D eigenvalue weighted by molar-refractivity contribution is 5.91. The summed E-state index contributed by atoms with van der Waals surface area (Å²) in [6.45, 7) is 6.26. The number of unbranched alkanes of at least 4 members (excludes halogenated alkanes) is 1. The van der Waals surface area contributed by atoms with E-state index in [9.17, 15) is 9.59 Å². The fourth-order valence-corrected chi connectivity index (χ4v) is 4.77. The Balaban J connectivity index is 1.35. The van der Waals surface area contributed by atoms with Gasteiger partial charge in [0.25, 0.3) is 0 Å². The van der Waals surface area contributed by atoms with E-state index >= 15 is 0 Å². The van der Waals surface area contributed by atoms with Crippen molar-refractivity contribution in [1.29, 1.82) is 0 Å². The van der Waals surface area contributed by atoms with Crippen LogP contribution in [0.15, 0.2) is 72.8 Å². The average Bonchev–Trinajstić information content (AvgIpc) is 2.95. The van der Waals surface area contributed by atoms with Crippen LogP contribution in [-0.4, -0.2) is 44.8 Å². The van der Waals surface area contributed by atoms with Crippen molar-refractivity contribution < 1.29 is 19.1 Å². The van der Waals surface area contributed by atoms with E-state index in [2.05, 4.69) is 65.3 Å². The lowest BCUT2D eigenvalue weighted by Crippen LogP contribution is -2.37. The van der Waals surface area contributed by atoms with Gasteiger partial charge in [0.15, 0.2) is 0 Å². The maximum absolute atomic E-state index is 12.0. The standard InChI is InChI=1S/C33H39N3O4/c1-3-4-18-35-33(38)36-20-17-28-11-6-10-27-12-7-13-31(32(27)28)40-22-21-39-29-15-14-25-8-5-9-26(30(25)23-29)16-19-34-24(2)37/h5-15,23H,3-4,16-22H2,1-2H3,(H,34,37)(H2,35,36,38). The van der Waals surface area contributed by atoms with E-state index in [-0.39, 0.29) is 11.9 Å². The second-order valence-electron chi connectivity index (χ2n) is 9.79. The number of ether oxygens (including phenoxy) is 2. The summed E-state index contributed by atoms with van der Waals surface area (Å²) >= 11 is 0. The number of hydrogen-bond acceptors (Lipinski definition) is 4. The molecule has 0 aliphatic carbocycles. The van der Waals surface area contributed by atoms with Crippen molar-refractivity contribution in [3.8, 4) is 11.5 Å². The summed E-state index contributed by atoms with van der Waals surface area (Å²) in [5.74, 6) is 1.57. The molecule has 3 N–H and O–H groups in total. The van der Waals surface area contributed by atoms with E-state index in [1.807, 2.05) is 30.3 Å². The van der Waals surface area contributed by atoms with Gasteiger partial charge in [0.05, 0.1) is 0 Å². The molecule has 4 aromatic rings. The first-order chi connectivity index (χ1) is 19.5. The van der Waals surface area contributed by atoms with E-state index in [1.54, 1.807) is 0 Å². The normalized spacial score (nSPS) is 10.8. The maximum Gasteiger partial charge on any atom is 0.314 e. The number of nitrogens with one attached hydrogen (secondary N) is 3. The Morgan fingerprint density at radius 1 is 0.725 bits per heavy atom. The average molecular weight is 542 g/mol. The van der Waals surface area contributed by atoms with Crippen molar-refractivity contribution in [2.45, 2.75) is 39.5 Å². The first-order valence-electron chi connectivity index (χ1n) is 14.1. The summed E-state index contributed by atoms with van der Waals surface area (Å²) in [4.78, 5) is 23.3. The number of carbonyl (C=O) groups is 2. The van der Waals surface area contributed by atoms with Crippen LogP contribution in [0.1, 0.15) is 37.8 Å². The quantitative estimate of drug-likeness (QED) is 0.177. The lowest BCUT2D eigenvalue weighted by molar-refractivity contribution is -0.118. The van der Waals surface area contributed by atoms with E-state index in [0.29, 0.717) is 39.3 Å². The van der Waals surface area contributed by atoms with E-state index in [1.165, 1.54) is 12.5 Å². The number of carbonyl (C=O) groups excluding carboxylic acids is 2. The van der Waals surface area contributed by atoms with Gasteiger partial charge in [0, 0.05) is 31.9 Å². The number of benzene rings is 4. The SMILES string of the molecule is CCCCNC(=O)NCCc1cccc2cccc(OCCOc3ccc4cccc(CCNC(C)=O)c4c3)c12. The van der Waals surface area contributed by atoms with Gasteiger partial charge in [-0.2, -0.15) is 0 Å². The number of hydrogen-bond donors (Lipinski definition) is 3. The van der Waals surface area contributed by atoms with Crippen LogP contribution in [0.3, 0.4) is 0 Å². The molecule has 0 aromatic heterocycles. The number of fused-ring (bicyclic) bond motifs is 2. The number of urea groups is 1. The van der Waals surface area contributed by atoms with E-state index < -0.39 is 0 Å². The molecule has 0 spiro atoms. The van der Waals surface area contributed by atoms with Crippen molar-refractivity contribution in [2.75, 3.05) is 32.8 Å². The lowest BCUT2D eigenvalue weighted by atomic mass is 10.0. The van der Waals surface area contributed by atoms with Crippen LogP contribution in [0, 0.1) is 0 Å². The van der Waals surface area contributed by atoms with Crippen molar-refractivity contribution in [3.63, 3.8) is 0 Å². The minimum Gasteiger partial charge on any atom is -0.490 e. The molecular weight excluding hydrogens is 502 g/mol. The zero-order valence-corrected chi connectivity index (χ0v) is 23.4. The fraction of sp³-hybridized carbons (Fsp3) is 0.333. The van der Waals surface area contributed by atoms with Crippen molar-refractivity contribution >= 4 is 33.5 Å². The third-order valence-corrected chi connectivity index (χ3v) is 6.77. The zero-order valence-electron chi connectivity index (χ0n) is 23.4. The van der Waals surface area contributed by atoms with Gasteiger partial charge >= 0.3 is 6.03 Å². The Morgan fingerprint density at radius 3 is 2.20 bits per heavy atom. The maximum atomic E-state index is 12.0. The predicted octanol–water partition coefficient (Wildman–Crippen LogP) is 5.77. The molecule has 0 fully saturated rings. The van der Waals surface area contributed by atoms with Gasteiger partial charge in [-0.1, -0.05) is 67.9 Å². The Bertz CT molecular complexity index is 1430. The van der Waals surface area contributed by atoms with Crippen LogP contribution in [0.25, 0.3) is 21.5 Å².